The number of hydrogen-bond acceptors (Lipinski definition) is 3. The van der Waals surface area contributed by atoms with E-state index in [0.29, 0.717) is 0 Å². The molecular formula is C11H20Cl2N4O. The summed E-state index contributed by atoms with van der Waals surface area (Å²) in [6.45, 7) is 5.42. The van der Waals surface area contributed by atoms with Gasteiger partial charge in [-0.15, -0.1) is 24.8 Å². The maximum Gasteiger partial charge on any atom is 0.247 e. The molecule has 18 heavy (non-hydrogen) atoms. The minimum atomic E-state index is -0.201. The molecule has 1 atom stereocenters. The molecule has 0 aliphatic carbocycles. The van der Waals surface area contributed by atoms with Crippen molar-refractivity contribution in [3.63, 3.8) is 0 Å². The van der Waals surface area contributed by atoms with E-state index >= 15 is 0 Å². The second-order valence-corrected chi connectivity index (χ2v) is 4.09. The molecule has 5 nitrogen and oxygen atoms in total. The van der Waals surface area contributed by atoms with Gasteiger partial charge in [-0.25, -0.2) is 0 Å². The molecule has 1 aliphatic rings. The van der Waals surface area contributed by atoms with Gasteiger partial charge in [0, 0.05) is 32.0 Å². The molecule has 7 heteroatoms. The van der Waals surface area contributed by atoms with Crippen LogP contribution in [0.1, 0.15) is 19.4 Å². The molecule has 1 aliphatic heterocycles. The molecule has 0 spiro atoms. The summed E-state index contributed by atoms with van der Waals surface area (Å²) in [4.78, 5) is 14.1. The first-order chi connectivity index (χ1) is 7.79. The van der Waals surface area contributed by atoms with Crippen LogP contribution in [0, 0.1) is 0 Å². The Hall–Kier alpha value is -0.780. The third-order valence-electron chi connectivity index (χ3n) is 2.93. The fraction of sp³-hybridized carbons (Fsp3) is 0.636. The molecule has 1 aromatic rings. The van der Waals surface area contributed by atoms with Crippen LogP contribution in [0.5, 0.6) is 0 Å². The van der Waals surface area contributed by atoms with E-state index in [4.69, 9.17) is 0 Å². The standard InChI is InChI=1S/C11H18N4O.2ClH/c1-10(15-8-3-5-13-15)11(16)14-7-2-4-12-6-9-14;;/h3,5,8,10,12H,2,4,6-7,9H2,1H3;2*1H. The number of carbonyl (C=O) groups excluding carboxylic acids is 1. The number of halogens is 2. The van der Waals surface area contributed by atoms with E-state index < -0.39 is 0 Å². The Bertz CT molecular complexity index is 337. The van der Waals surface area contributed by atoms with Crippen molar-refractivity contribution in [2.75, 3.05) is 26.2 Å². The highest BCUT2D eigenvalue weighted by Gasteiger charge is 2.22. The number of aromatic nitrogens is 2. The van der Waals surface area contributed by atoms with Crippen LogP contribution in [0.3, 0.4) is 0 Å². The van der Waals surface area contributed by atoms with Crippen LogP contribution >= 0.6 is 24.8 Å². The lowest BCUT2D eigenvalue weighted by molar-refractivity contribution is -0.134. The Morgan fingerprint density at radius 2 is 2.11 bits per heavy atom. The van der Waals surface area contributed by atoms with Crippen molar-refractivity contribution in [1.82, 2.24) is 20.0 Å². The Morgan fingerprint density at radius 1 is 1.33 bits per heavy atom. The molecule has 0 bridgehead atoms. The number of nitrogens with zero attached hydrogens (tertiary/aromatic N) is 3. The number of nitrogens with one attached hydrogen (secondary N) is 1. The Labute approximate surface area is 120 Å². The van der Waals surface area contributed by atoms with Crippen molar-refractivity contribution < 1.29 is 4.79 Å². The predicted molar refractivity (Wildman–Crippen MR) is 75.5 cm³/mol. The quantitative estimate of drug-likeness (QED) is 0.889. The normalized spacial score (nSPS) is 17.1. The van der Waals surface area contributed by atoms with Crippen molar-refractivity contribution in [3.8, 4) is 0 Å². The Balaban J connectivity index is 0.00000144. The Morgan fingerprint density at radius 3 is 2.78 bits per heavy atom. The number of rotatable bonds is 2. The molecule has 0 saturated carbocycles. The SMILES string of the molecule is CC(C(=O)N1CCCNCC1)n1cccn1.Cl.Cl. The van der Waals surface area contributed by atoms with Crippen LogP contribution in [0.4, 0.5) is 0 Å². The molecule has 1 aromatic heterocycles. The predicted octanol–water partition coefficient (Wildman–Crippen LogP) is 1.11. The van der Waals surface area contributed by atoms with Crippen molar-refractivity contribution in [1.29, 1.82) is 0 Å². The highest BCUT2D eigenvalue weighted by atomic mass is 35.5. The zero-order chi connectivity index (χ0) is 11.4. The first kappa shape index (κ1) is 17.2. The number of amides is 1. The average Bonchev–Trinajstić information content (AvgIpc) is 2.70. The monoisotopic (exact) mass is 294 g/mol. The van der Waals surface area contributed by atoms with Gasteiger partial charge >= 0.3 is 0 Å². The molecule has 104 valence electrons. The molecule has 0 radical (unpaired) electrons. The largest absolute Gasteiger partial charge is 0.340 e. The number of hydrogen-bond donors (Lipinski definition) is 1. The summed E-state index contributed by atoms with van der Waals surface area (Å²) in [6, 6.07) is 1.64. The summed E-state index contributed by atoms with van der Waals surface area (Å²) >= 11 is 0. The highest BCUT2D eigenvalue weighted by Crippen LogP contribution is 2.09. The van der Waals surface area contributed by atoms with Gasteiger partial charge < -0.3 is 10.2 Å². The van der Waals surface area contributed by atoms with Crippen LogP contribution in [0.15, 0.2) is 18.5 Å². The Kier molecular flexibility index (Phi) is 7.98. The molecular weight excluding hydrogens is 275 g/mol. The van der Waals surface area contributed by atoms with Crippen LogP contribution in [-0.2, 0) is 4.79 Å². The fourth-order valence-electron chi connectivity index (χ4n) is 1.95. The van der Waals surface area contributed by atoms with Gasteiger partial charge in [0.2, 0.25) is 5.91 Å². The summed E-state index contributed by atoms with van der Waals surface area (Å²) in [5.41, 5.74) is 0. The van der Waals surface area contributed by atoms with Crippen molar-refractivity contribution in [3.05, 3.63) is 18.5 Å². The lowest BCUT2D eigenvalue weighted by atomic mass is 10.2. The van der Waals surface area contributed by atoms with Crippen LogP contribution < -0.4 is 5.32 Å². The van der Waals surface area contributed by atoms with E-state index in [9.17, 15) is 4.79 Å². The van der Waals surface area contributed by atoms with Gasteiger partial charge in [-0.2, -0.15) is 5.10 Å². The highest BCUT2D eigenvalue weighted by molar-refractivity contribution is 5.85. The van der Waals surface area contributed by atoms with E-state index in [-0.39, 0.29) is 36.8 Å². The zero-order valence-corrected chi connectivity index (χ0v) is 12.0. The molecule has 1 amide bonds. The summed E-state index contributed by atoms with van der Waals surface area (Å²) in [5, 5.41) is 7.40. The maximum atomic E-state index is 12.2. The van der Waals surface area contributed by atoms with E-state index in [1.165, 1.54) is 0 Å². The topological polar surface area (TPSA) is 50.2 Å². The smallest absolute Gasteiger partial charge is 0.247 e. The fourth-order valence-corrected chi connectivity index (χ4v) is 1.95. The van der Waals surface area contributed by atoms with Gasteiger partial charge in [0.15, 0.2) is 0 Å². The maximum absolute atomic E-state index is 12.2. The summed E-state index contributed by atoms with van der Waals surface area (Å²) in [6.07, 6.45) is 4.56. The molecule has 2 heterocycles. The summed E-state index contributed by atoms with van der Waals surface area (Å²) in [5.74, 6) is 0.160. The second-order valence-electron chi connectivity index (χ2n) is 4.09. The van der Waals surface area contributed by atoms with E-state index in [1.807, 2.05) is 24.1 Å². The van der Waals surface area contributed by atoms with Gasteiger partial charge in [0.05, 0.1) is 0 Å². The zero-order valence-electron chi connectivity index (χ0n) is 10.4. The average molecular weight is 295 g/mol. The summed E-state index contributed by atoms with van der Waals surface area (Å²) < 4.78 is 1.71. The lowest BCUT2D eigenvalue weighted by Crippen LogP contribution is -2.38. The van der Waals surface area contributed by atoms with Gasteiger partial charge in [0.25, 0.3) is 0 Å². The molecule has 1 N–H and O–H groups in total. The number of carbonyl (C=O) groups is 1. The van der Waals surface area contributed by atoms with Crippen LogP contribution in [0.2, 0.25) is 0 Å². The van der Waals surface area contributed by atoms with Gasteiger partial charge in [-0.05, 0) is 26.0 Å². The van der Waals surface area contributed by atoms with Gasteiger partial charge in [0.1, 0.15) is 6.04 Å². The van der Waals surface area contributed by atoms with E-state index in [0.717, 1.165) is 32.6 Å². The molecule has 2 rings (SSSR count). The van der Waals surface area contributed by atoms with Crippen molar-refractivity contribution in [2.45, 2.75) is 19.4 Å². The van der Waals surface area contributed by atoms with E-state index in [2.05, 4.69) is 10.4 Å². The molecule has 1 fully saturated rings. The van der Waals surface area contributed by atoms with Crippen LogP contribution in [-0.4, -0.2) is 46.8 Å². The first-order valence-corrected chi connectivity index (χ1v) is 5.77. The van der Waals surface area contributed by atoms with E-state index in [1.54, 1.807) is 10.9 Å². The molecule has 1 unspecified atom stereocenters. The second kappa shape index (κ2) is 8.34. The minimum absolute atomic E-state index is 0. The molecule has 0 aromatic carbocycles. The van der Waals surface area contributed by atoms with Crippen LogP contribution in [0.25, 0.3) is 0 Å². The van der Waals surface area contributed by atoms with Crippen molar-refractivity contribution >= 4 is 30.7 Å². The first-order valence-electron chi connectivity index (χ1n) is 5.77. The third kappa shape index (κ3) is 4.15. The minimum Gasteiger partial charge on any atom is -0.340 e. The summed E-state index contributed by atoms with van der Waals surface area (Å²) in [7, 11) is 0. The van der Waals surface area contributed by atoms with Crippen molar-refractivity contribution in [2.24, 2.45) is 0 Å². The third-order valence-corrected chi connectivity index (χ3v) is 2.93. The van der Waals surface area contributed by atoms with Gasteiger partial charge in [-0.1, -0.05) is 0 Å². The lowest BCUT2D eigenvalue weighted by Gasteiger charge is -2.23. The molecule has 1 saturated heterocycles. The van der Waals surface area contributed by atoms with Gasteiger partial charge in [-0.3, -0.25) is 9.48 Å².